The minimum atomic E-state index is 0.345. The summed E-state index contributed by atoms with van der Waals surface area (Å²) in [7, 11) is 0. The van der Waals surface area contributed by atoms with Gasteiger partial charge in [-0.1, -0.05) is 52.8 Å². The molecule has 1 aromatic carbocycles. The van der Waals surface area contributed by atoms with Crippen LogP contribution in [0.2, 0.25) is 0 Å². The lowest BCUT2D eigenvalue weighted by Gasteiger charge is -2.05. The van der Waals surface area contributed by atoms with Crippen molar-refractivity contribution in [2.24, 2.45) is 0 Å². The molecule has 3 nitrogen and oxygen atoms in total. The van der Waals surface area contributed by atoms with Crippen LogP contribution in [0.25, 0.3) is 4.85 Å². The highest BCUT2D eigenvalue weighted by Crippen LogP contribution is 2.26. The number of pyridine rings is 1. The fourth-order valence-corrected chi connectivity index (χ4v) is 1.73. The first-order chi connectivity index (χ1) is 8.29. The van der Waals surface area contributed by atoms with Crippen LogP contribution >= 0.6 is 15.9 Å². The van der Waals surface area contributed by atoms with Crippen molar-refractivity contribution in [1.82, 2.24) is 4.98 Å². The molecule has 0 spiro atoms. The van der Waals surface area contributed by atoms with Gasteiger partial charge in [0.1, 0.15) is 6.61 Å². The lowest BCUT2D eigenvalue weighted by atomic mass is 10.2. The summed E-state index contributed by atoms with van der Waals surface area (Å²) in [6, 6.07) is 11.6. The summed E-state index contributed by atoms with van der Waals surface area (Å²) in [5, 5.41) is 0. The van der Waals surface area contributed by atoms with Crippen molar-refractivity contribution in [3.8, 4) is 5.75 Å². The molecule has 0 saturated heterocycles. The topological polar surface area (TPSA) is 26.5 Å². The molecular weight excluding hydrogens is 280 g/mol. The second-order valence-corrected chi connectivity index (χ2v) is 4.22. The first-order valence-corrected chi connectivity index (χ1v) is 5.78. The Balaban J connectivity index is 2.06. The molecule has 0 aliphatic carbocycles. The summed E-state index contributed by atoms with van der Waals surface area (Å²) in [6.45, 7) is 7.38. The lowest BCUT2D eigenvalue weighted by Crippen LogP contribution is -1.95. The number of halogens is 1. The molecule has 0 atom stereocenters. The molecule has 0 fully saturated rings. The fourth-order valence-electron chi connectivity index (χ4n) is 1.32. The van der Waals surface area contributed by atoms with Crippen molar-refractivity contribution in [2.75, 3.05) is 0 Å². The van der Waals surface area contributed by atoms with E-state index in [1.54, 1.807) is 12.3 Å². The summed E-state index contributed by atoms with van der Waals surface area (Å²) in [5.41, 5.74) is 1.10. The van der Waals surface area contributed by atoms with E-state index < -0.39 is 0 Å². The second kappa shape index (κ2) is 5.46. The molecular formula is C13H9BrN2O. The van der Waals surface area contributed by atoms with Crippen LogP contribution in [0.4, 0.5) is 5.82 Å². The third-order valence-corrected chi connectivity index (χ3v) is 2.73. The van der Waals surface area contributed by atoms with Gasteiger partial charge in [0.25, 0.3) is 5.82 Å². The van der Waals surface area contributed by atoms with Gasteiger partial charge in [-0.2, -0.15) is 0 Å². The van der Waals surface area contributed by atoms with Crippen molar-refractivity contribution in [2.45, 2.75) is 6.61 Å². The average Bonchev–Trinajstić information content (AvgIpc) is 2.38. The zero-order valence-corrected chi connectivity index (χ0v) is 10.5. The van der Waals surface area contributed by atoms with Crippen molar-refractivity contribution in [1.29, 1.82) is 0 Å². The van der Waals surface area contributed by atoms with Gasteiger partial charge in [-0.15, -0.1) is 4.98 Å². The van der Waals surface area contributed by atoms with Crippen LogP contribution in [0, 0.1) is 6.57 Å². The normalized spacial score (nSPS) is 9.65. The van der Waals surface area contributed by atoms with E-state index in [-0.39, 0.29) is 0 Å². The first kappa shape index (κ1) is 11.6. The average molecular weight is 289 g/mol. The van der Waals surface area contributed by atoms with Crippen molar-refractivity contribution in [3.05, 3.63) is 64.0 Å². The molecule has 0 radical (unpaired) electrons. The molecule has 2 rings (SSSR count). The molecule has 0 aliphatic heterocycles. The van der Waals surface area contributed by atoms with E-state index in [0.29, 0.717) is 22.6 Å². The summed E-state index contributed by atoms with van der Waals surface area (Å²) in [6.07, 6.45) is 1.56. The molecule has 0 amide bonds. The largest absolute Gasteiger partial charge is 0.485 e. The standard InChI is InChI=1S/C13H9BrN2O/c1-15-13-12(14)7-11(8-16-13)17-9-10-5-3-2-4-6-10/h2-8H,9H2. The second-order valence-electron chi connectivity index (χ2n) is 3.36. The molecule has 0 saturated carbocycles. The number of hydrogen-bond donors (Lipinski definition) is 0. The molecule has 2 aromatic rings. The lowest BCUT2D eigenvalue weighted by molar-refractivity contribution is 0.305. The first-order valence-electron chi connectivity index (χ1n) is 4.99. The minimum absolute atomic E-state index is 0.345. The van der Waals surface area contributed by atoms with E-state index >= 15 is 0 Å². The Hall–Kier alpha value is -1.86. The summed E-state index contributed by atoms with van der Waals surface area (Å²) >= 11 is 3.28. The third kappa shape index (κ3) is 3.05. The zero-order valence-electron chi connectivity index (χ0n) is 8.93. The number of benzene rings is 1. The monoisotopic (exact) mass is 288 g/mol. The van der Waals surface area contributed by atoms with Crippen molar-refractivity contribution < 1.29 is 4.74 Å². The number of rotatable bonds is 3. The Kier molecular flexibility index (Phi) is 3.73. The Bertz CT molecular complexity index is 549. The van der Waals surface area contributed by atoms with Gasteiger partial charge in [-0.3, -0.25) is 0 Å². The highest BCUT2D eigenvalue weighted by atomic mass is 79.9. The highest BCUT2D eigenvalue weighted by molar-refractivity contribution is 9.10. The van der Waals surface area contributed by atoms with Gasteiger partial charge in [0.2, 0.25) is 0 Å². The molecule has 1 heterocycles. The van der Waals surface area contributed by atoms with Gasteiger partial charge in [0, 0.05) is 4.47 Å². The predicted octanol–water partition coefficient (Wildman–Crippen LogP) is 3.97. The Morgan fingerprint density at radius 1 is 1.29 bits per heavy atom. The number of nitrogens with zero attached hydrogens (tertiary/aromatic N) is 2. The van der Waals surface area contributed by atoms with E-state index in [4.69, 9.17) is 11.3 Å². The van der Waals surface area contributed by atoms with E-state index in [2.05, 4.69) is 25.8 Å². The van der Waals surface area contributed by atoms with Crippen LogP contribution in [0.15, 0.2) is 47.1 Å². The number of ether oxygens (including phenoxy) is 1. The van der Waals surface area contributed by atoms with Crippen LogP contribution in [0.3, 0.4) is 0 Å². The van der Waals surface area contributed by atoms with E-state index in [9.17, 15) is 0 Å². The summed E-state index contributed by atoms with van der Waals surface area (Å²) in [4.78, 5) is 7.25. The molecule has 17 heavy (non-hydrogen) atoms. The maximum absolute atomic E-state index is 6.88. The van der Waals surface area contributed by atoms with E-state index in [1.165, 1.54) is 0 Å². The van der Waals surface area contributed by atoms with Gasteiger partial charge >= 0.3 is 0 Å². The highest BCUT2D eigenvalue weighted by Gasteiger charge is 2.04. The van der Waals surface area contributed by atoms with Crippen LogP contribution in [-0.4, -0.2) is 4.98 Å². The van der Waals surface area contributed by atoms with Crippen LogP contribution in [-0.2, 0) is 6.61 Å². The van der Waals surface area contributed by atoms with Crippen molar-refractivity contribution in [3.63, 3.8) is 0 Å². The van der Waals surface area contributed by atoms with Gasteiger partial charge < -0.3 is 9.58 Å². The fraction of sp³-hybridized carbons (Fsp3) is 0.0769. The van der Waals surface area contributed by atoms with Gasteiger partial charge in [-0.05, 0) is 11.6 Å². The maximum atomic E-state index is 6.88. The smallest absolute Gasteiger partial charge is 0.284 e. The summed E-state index contributed by atoms with van der Waals surface area (Å²) < 4.78 is 6.23. The number of hydrogen-bond acceptors (Lipinski definition) is 2. The van der Waals surface area contributed by atoms with Gasteiger partial charge in [0.15, 0.2) is 11.9 Å². The van der Waals surface area contributed by atoms with E-state index in [0.717, 1.165) is 5.56 Å². The molecule has 84 valence electrons. The Morgan fingerprint density at radius 2 is 2.06 bits per heavy atom. The van der Waals surface area contributed by atoms with Crippen LogP contribution in [0.5, 0.6) is 5.75 Å². The molecule has 1 aromatic heterocycles. The summed E-state index contributed by atoms with van der Waals surface area (Å²) in [5.74, 6) is 0.991. The molecule has 4 heteroatoms. The molecule has 0 N–H and O–H groups in total. The van der Waals surface area contributed by atoms with E-state index in [1.807, 2.05) is 30.3 Å². The predicted molar refractivity (Wildman–Crippen MR) is 69.0 cm³/mol. The van der Waals surface area contributed by atoms with Crippen LogP contribution in [0.1, 0.15) is 5.56 Å². The number of aromatic nitrogens is 1. The van der Waals surface area contributed by atoms with Gasteiger partial charge in [0.05, 0.1) is 0 Å². The molecule has 0 aliphatic rings. The minimum Gasteiger partial charge on any atom is -0.485 e. The Labute approximate surface area is 108 Å². The quantitative estimate of drug-likeness (QED) is 0.799. The van der Waals surface area contributed by atoms with Crippen molar-refractivity contribution >= 4 is 21.7 Å². The Morgan fingerprint density at radius 3 is 2.71 bits per heavy atom. The molecule has 0 bridgehead atoms. The maximum Gasteiger partial charge on any atom is 0.284 e. The van der Waals surface area contributed by atoms with Crippen LogP contribution < -0.4 is 4.74 Å². The SMILES string of the molecule is [C-]#[N+]c1ncc(OCc2ccccc2)cc1Br. The third-order valence-electron chi connectivity index (χ3n) is 2.15. The molecule has 0 unspecified atom stereocenters. The van der Waals surface area contributed by atoms with Gasteiger partial charge in [-0.25, -0.2) is 0 Å². The zero-order chi connectivity index (χ0) is 12.1.